The maximum atomic E-state index is 12.0. The molecule has 0 radical (unpaired) electrons. The van der Waals surface area contributed by atoms with E-state index in [1.54, 1.807) is 0 Å². The smallest absolute Gasteiger partial charge is 0.405 e. The van der Waals surface area contributed by atoms with Gasteiger partial charge in [0.25, 0.3) is 0 Å². The average molecular weight is 254 g/mol. The number of carbonyl (C=O) groups is 1. The molecule has 1 aromatic carbocycles. The summed E-state index contributed by atoms with van der Waals surface area (Å²) < 4.78 is 39.8. The first-order valence-corrected chi connectivity index (χ1v) is 4.51. The highest BCUT2D eigenvalue weighted by atomic mass is 35.5. The van der Waals surface area contributed by atoms with Crippen molar-refractivity contribution in [3.63, 3.8) is 0 Å². The lowest BCUT2D eigenvalue weighted by molar-refractivity contribution is -0.274. The summed E-state index contributed by atoms with van der Waals surface area (Å²) in [6, 6.07) is 3.66. The Morgan fingerprint density at radius 1 is 1.44 bits per heavy atom. The molecule has 0 aliphatic carbocycles. The van der Waals surface area contributed by atoms with Crippen LogP contribution in [-0.2, 0) is 11.3 Å². The van der Waals surface area contributed by atoms with Crippen molar-refractivity contribution >= 4 is 18.0 Å². The highest BCUT2D eigenvalue weighted by Gasteiger charge is 2.32. The number of amides is 1. The highest BCUT2D eigenvalue weighted by Crippen LogP contribution is 2.28. The molecule has 0 heterocycles. The molecule has 0 aliphatic heterocycles. The molecule has 0 unspecified atom stereocenters. The Morgan fingerprint density at radius 2 is 2.12 bits per heavy atom. The van der Waals surface area contributed by atoms with E-state index in [-0.39, 0.29) is 22.9 Å². The summed E-state index contributed by atoms with van der Waals surface area (Å²) in [5, 5.41) is 2.49. The third kappa shape index (κ3) is 3.98. The third-order valence-electron chi connectivity index (χ3n) is 1.62. The molecule has 0 fully saturated rings. The molecule has 0 saturated heterocycles. The quantitative estimate of drug-likeness (QED) is 0.837. The van der Waals surface area contributed by atoms with E-state index in [2.05, 4.69) is 10.1 Å². The van der Waals surface area contributed by atoms with E-state index >= 15 is 0 Å². The van der Waals surface area contributed by atoms with Crippen molar-refractivity contribution in [1.82, 2.24) is 5.32 Å². The molecular formula is C9H7ClF3NO2. The number of ether oxygens (including phenoxy) is 1. The second kappa shape index (κ2) is 5.07. The van der Waals surface area contributed by atoms with E-state index in [1.807, 2.05) is 0 Å². The van der Waals surface area contributed by atoms with Crippen molar-refractivity contribution in [1.29, 1.82) is 0 Å². The van der Waals surface area contributed by atoms with E-state index < -0.39 is 6.36 Å². The number of hydrogen-bond acceptors (Lipinski definition) is 2. The lowest BCUT2D eigenvalue weighted by Gasteiger charge is -2.13. The zero-order valence-electron chi connectivity index (χ0n) is 7.84. The average Bonchev–Trinajstić information content (AvgIpc) is 2.16. The van der Waals surface area contributed by atoms with Crippen LogP contribution in [0, 0.1) is 0 Å². The standard InChI is InChI=1S/C9H7ClF3NO2/c10-7-1-2-8(16-9(11,12)13)6(3-7)4-14-5-15/h1-3,5H,4H2,(H,14,15). The van der Waals surface area contributed by atoms with Gasteiger partial charge in [-0.1, -0.05) is 11.6 Å². The first-order valence-electron chi connectivity index (χ1n) is 4.13. The lowest BCUT2D eigenvalue weighted by Crippen LogP contribution is -2.19. The fraction of sp³-hybridized carbons (Fsp3) is 0.222. The molecule has 0 spiro atoms. The fourth-order valence-corrected chi connectivity index (χ4v) is 1.26. The minimum Gasteiger partial charge on any atom is -0.405 e. The molecule has 0 atom stereocenters. The van der Waals surface area contributed by atoms with Crippen molar-refractivity contribution < 1.29 is 22.7 Å². The van der Waals surface area contributed by atoms with Crippen molar-refractivity contribution in [3.05, 3.63) is 28.8 Å². The van der Waals surface area contributed by atoms with Gasteiger partial charge in [-0.05, 0) is 18.2 Å². The second-order valence-electron chi connectivity index (χ2n) is 2.80. The van der Waals surface area contributed by atoms with Crippen molar-refractivity contribution in [2.75, 3.05) is 0 Å². The van der Waals surface area contributed by atoms with Crippen LogP contribution in [0.3, 0.4) is 0 Å². The summed E-state index contributed by atoms with van der Waals surface area (Å²) in [4.78, 5) is 10.1. The summed E-state index contributed by atoms with van der Waals surface area (Å²) >= 11 is 5.61. The zero-order valence-corrected chi connectivity index (χ0v) is 8.60. The van der Waals surface area contributed by atoms with E-state index in [0.717, 1.165) is 6.07 Å². The lowest BCUT2D eigenvalue weighted by atomic mass is 10.2. The zero-order chi connectivity index (χ0) is 12.2. The number of hydrogen-bond donors (Lipinski definition) is 1. The van der Waals surface area contributed by atoms with Gasteiger partial charge in [0.15, 0.2) is 0 Å². The summed E-state index contributed by atoms with van der Waals surface area (Å²) in [7, 11) is 0. The topological polar surface area (TPSA) is 38.3 Å². The minimum absolute atomic E-state index is 0.0878. The van der Waals surface area contributed by atoms with Gasteiger partial charge in [-0.25, -0.2) is 0 Å². The Balaban J connectivity index is 2.93. The number of alkyl halides is 3. The molecule has 16 heavy (non-hydrogen) atoms. The van der Waals surface area contributed by atoms with Gasteiger partial charge in [-0.3, -0.25) is 4.79 Å². The molecule has 1 amide bonds. The van der Waals surface area contributed by atoms with E-state index in [9.17, 15) is 18.0 Å². The molecule has 7 heteroatoms. The van der Waals surface area contributed by atoms with Gasteiger partial charge < -0.3 is 10.1 Å². The molecule has 0 saturated carbocycles. The summed E-state index contributed by atoms with van der Waals surface area (Å²) in [6.07, 6.45) is -4.40. The van der Waals surface area contributed by atoms with Crippen LogP contribution in [0.5, 0.6) is 5.75 Å². The van der Waals surface area contributed by atoms with Gasteiger partial charge in [-0.15, -0.1) is 13.2 Å². The van der Waals surface area contributed by atoms with Crippen LogP contribution in [-0.4, -0.2) is 12.8 Å². The van der Waals surface area contributed by atoms with Crippen LogP contribution >= 0.6 is 11.6 Å². The third-order valence-corrected chi connectivity index (χ3v) is 1.86. The first-order chi connectivity index (χ1) is 7.42. The van der Waals surface area contributed by atoms with Crippen LogP contribution in [0.4, 0.5) is 13.2 Å². The maximum Gasteiger partial charge on any atom is 0.573 e. The molecule has 0 aliphatic rings. The Kier molecular flexibility index (Phi) is 4.00. The predicted octanol–water partition coefficient (Wildman–Crippen LogP) is 2.48. The molecule has 1 N–H and O–H groups in total. The van der Waals surface area contributed by atoms with Gasteiger partial charge >= 0.3 is 6.36 Å². The monoisotopic (exact) mass is 253 g/mol. The predicted molar refractivity (Wildman–Crippen MR) is 51.0 cm³/mol. The Morgan fingerprint density at radius 3 is 2.69 bits per heavy atom. The van der Waals surface area contributed by atoms with Crippen molar-refractivity contribution in [2.24, 2.45) is 0 Å². The minimum atomic E-state index is -4.77. The van der Waals surface area contributed by atoms with Crippen LogP contribution in [0.1, 0.15) is 5.56 Å². The largest absolute Gasteiger partial charge is 0.573 e. The number of halogens is 4. The molecule has 3 nitrogen and oxygen atoms in total. The van der Waals surface area contributed by atoms with Gasteiger partial charge in [0.2, 0.25) is 6.41 Å². The van der Waals surface area contributed by atoms with Gasteiger partial charge in [-0.2, -0.15) is 0 Å². The number of benzene rings is 1. The highest BCUT2D eigenvalue weighted by molar-refractivity contribution is 6.30. The molecule has 0 aromatic heterocycles. The Hall–Kier alpha value is -1.43. The molecule has 1 rings (SSSR count). The maximum absolute atomic E-state index is 12.0. The fourth-order valence-electron chi connectivity index (χ4n) is 1.06. The number of carbonyl (C=O) groups excluding carboxylic acids is 1. The van der Waals surface area contributed by atoms with Gasteiger partial charge in [0.05, 0.1) is 0 Å². The SMILES string of the molecule is O=CNCc1cc(Cl)ccc1OC(F)(F)F. The van der Waals surface area contributed by atoms with Gasteiger partial charge in [0.1, 0.15) is 5.75 Å². The van der Waals surface area contributed by atoms with Crippen LogP contribution in [0.15, 0.2) is 18.2 Å². The van der Waals surface area contributed by atoms with Crippen LogP contribution in [0.25, 0.3) is 0 Å². The summed E-state index contributed by atoms with van der Waals surface area (Å²) in [6.45, 7) is -0.0878. The van der Waals surface area contributed by atoms with Crippen molar-refractivity contribution in [3.8, 4) is 5.75 Å². The van der Waals surface area contributed by atoms with Gasteiger partial charge in [0, 0.05) is 17.1 Å². The molecule has 0 bridgehead atoms. The molecule has 88 valence electrons. The number of nitrogens with one attached hydrogen (secondary N) is 1. The molecular weight excluding hydrogens is 247 g/mol. The summed E-state index contributed by atoms with van der Waals surface area (Å²) in [5.74, 6) is -0.383. The van der Waals surface area contributed by atoms with E-state index in [0.29, 0.717) is 6.41 Å². The van der Waals surface area contributed by atoms with Crippen molar-refractivity contribution in [2.45, 2.75) is 12.9 Å². The van der Waals surface area contributed by atoms with E-state index in [1.165, 1.54) is 12.1 Å². The second-order valence-corrected chi connectivity index (χ2v) is 3.24. The number of rotatable bonds is 4. The van der Waals surface area contributed by atoms with Crippen LogP contribution in [0.2, 0.25) is 5.02 Å². The van der Waals surface area contributed by atoms with E-state index in [4.69, 9.17) is 11.6 Å². The first kappa shape index (κ1) is 12.6. The Labute approximate surface area is 94.2 Å². The van der Waals surface area contributed by atoms with Crippen LogP contribution < -0.4 is 10.1 Å². The normalized spacial score (nSPS) is 11.0. The molecule has 1 aromatic rings. The Bertz CT molecular complexity index is 382. The summed E-state index contributed by atoms with van der Waals surface area (Å²) in [5.41, 5.74) is 0.150.